The largest absolute Gasteiger partial charge is 0.289 e. The van der Waals surface area contributed by atoms with Gasteiger partial charge in [-0.25, -0.2) is 8.42 Å². The third-order valence-electron chi connectivity index (χ3n) is 4.40. The fourth-order valence-corrected chi connectivity index (χ4v) is 6.07. The van der Waals surface area contributed by atoms with Crippen LogP contribution >= 0.6 is 24.0 Å². The highest BCUT2D eigenvalue weighted by Gasteiger charge is 2.33. The number of sulfone groups is 1. The van der Waals surface area contributed by atoms with Crippen molar-refractivity contribution < 1.29 is 13.2 Å². The van der Waals surface area contributed by atoms with Crippen molar-refractivity contribution in [1.82, 2.24) is 14.7 Å². The van der Waals surface area contributed by atoms with Crippen LogP contribution in [0.5, 0.6) is 0 Å². The van der Waals surface area contributed by atoms with Gasteiger partial charge in [-0.1, -0.05) is 30.1 Å². The summed E-state index contributed by atoms with van der Waals surface area (Å²) in [6.45, 7) is 7.80. The highest BCUT2D eigenvalue weighted by atomic mass is 32.2. The summed E-state index contributed by atoms with van der Waals surface area (Å²) in [5, 5.41) is 4.52. The number of carbonyl (C=O) groups is 1. The van der Waals surface area contributed by atoms with Crippen LogP contribution in [0.1, 0.15) is 29.4 Å². The quantitative estimate of drug-likeness (QED) is 0.441. The molecular formula is C16H19N3O3S3. The van der Waals surface area contributed by atoms with E-state index in [1.165, 1.54) is 16.7 Å². The number of rotatable bonds is 4. The smallest absolute Gasteiger partial charge is 0.266 e. The van der Waals surface area contributed by atoms with Gasteiger partial charge in [-0.15, -0.1) is 6.58 Å². The Labute approximate surface area is 156 Å². The van der Waals surface area contributed by atoms with Crippen LogP contribution in [-0.4, -0.2) is 51.4 Å². The van der Waals surface area contributed by atoms with E-state index in [-0.39, 0.29) is 23.5 Å². The molecule has 1 aromatic rings. The third kappa shape index (κ3) is 3.45. The Bertz CT molecular complexity index is 899. The molecule has 2 aliphatic heterocycles. The Morgan fingerprint density at radius 2 is 2.16 bits per heavy atom. The van der Waals surface area contributed by atoms with Crippen LogP contribution in [0.25, 0.3) is 6.08 Å². The van der Waals surface area contributed by atoms with Crippen LogP contribution in [0.15, 0.2) is 17.6 Å². The summed E-state index contributed by atoms with van der Waals surface area (Å²) in [7, 11) is -2.98. The summed E-state index contributed by atoms with van der Waals surface area (Å²) < 4.78 is 25.8. The van der Waals surface area contributed by atoms with Gasteiger partial charge >= 0.3 is 0 Å². The van der Waals surface area contributed by atoms with Crippen molar-refractivity contribution in [3.8, 4) is 0 Å². The van der Waals surface area contributed by atoms with E-state index in [9.17, 15) is 13.2 Å². The van der Waals surface area contributed by atoms with Crippen LogP contribution in [0.4, 0.5) is 0 Å². The monoisotopic (exact) mass is 397 g/mol. The predicted octanol–water partition coefficient (Wildman–Crippen LogP) is 2.25. The first kappa shape index (κ1) is 18.3. The van der Waals surface area contributed by atoms with Crippen molar-refractivity contribution in [3.63, 3.8) is 0 Å². The Balaban J connectivity index is 1.93. The van der Waals surface area contributed by atoms with Gasteiger partial charge in [0.15, 0.2) is 9.84 Å². The number of aryl methyl sites for hydroxylation is 1. The van der Waals surface area contributed by atoms with Gasteiger partial charge in [0.25, 0.3) is 5.91 Å². The molecule has 0 spiro atoms. The van der Waals surface area contributed by atoms with Gasteiger partial charge in [-0.05, 0) is 26.3 Å². The molecule has 9 heteroatoms. The van der Waals surface area contributed by atoms with E-state index >= 15 is 0 Å². The Morgan fingerprint density at radius 1 is 1.44 bits per heavy atom. The summed E-state index contributed by atoms with van der Waals surface area (Å²) in [6.07, 6.45) is 4.02. The van der Waals surface area contributed by atoms with Crippen LogP contribution in [0.3, 0.4) is 0 Å². The van der Waals surface area contributed by atoms with Gasteiger partial charge < -0.3 is 0 Å². The summed E-state index contributed by atoms with van der Waals surface area (Å²) in [5.74, 6) is 0.186. The number of aromatic nitrogens is 2. The molecule has 3 rings (SSSR count). The lowest BCUT2D eigenvalue weighted by atomic mass is 10.1. The highest BCUT2D eigenvalue weighted by Crippen LogP contribution is 2.34. The molecule has 1 aromatic heterocycles. The van der Waals surface area contributed by atoms with E-state index in [1.807, 2.05) is 13.8 Å². The van der Waals surface area contributed by atoms with Gasteiger partial charge in [0, 0.05) is 17.8 Å². The topological polar surface area (TPSA) is 72.3 Å². The summed E-state index contributed by atoms with van der Waals surface area (Å²) in [5.41, 5.74) is 2.49. The standard InChI is InChI=1S/C16H19N3O3S3/c1-4-6-18-15(20)14(24-16(18)23)8-13-10(2)17-19(11(13)3)12-5-7-25(21,22)9-12/h4,8,12H,1,5-7,9H2,2-3H3/b14-8-/t12-/m0/s1. The first-order valence-electron chi connectivity index (χ1n) is 7.86. The lowest BCUT2D eigenvalue weighted by Crippen LogP contribution is -2.27. The van der Waals surface area contributed by atoms with Crippen LogP contribution in [-0.2, 0) is 14.6 Å². The molecule has 0 bridgehead atoms. The molecule has 25 heavy (non-hydrogen) atoms. The molecule has 3 heterocycles. The maximum absolute atomic E-state index is 12.5. The van der Waals surface area contributed by atoms with Gasteiger partial charge in [-0.2, -0.15) is 5.10 Å². The molecule has 2 aliphatic rings. The molecule has 1 amide bonds. The number of hydrogen-bond donors (Lipinski definition) is 0. The molecular weight excluding hydrogens is 378 g/mol. The Kier molecular flexibility index (Phi) is 4.91. The van der Waals surface area contributed by atoms with E-state index in [0.29, 0.717) is 22.2 Å². The summed E-state index contributed by atoms with van der Waals surface area (Å²) in [6, 6.07) is -0.138. The molecule has 0 unspecified atom stereocenters. The average Bonchev–Trinajstić information content (AvgIpc) is 3.12. The maximum atomic E-state index is 12.5. The van der Waals surface area contributed by atoms with Crippen molar-refractivity contribution in [2.24, 2.45) is 0 Å². The molecule has 0 aliphatic carbocycles. The molecule has 0 radical (unpaired) electrons. The van der Waals surface area contributed by atoms with E-state index in [4.69, 9.17) is 12.2 Å². The number of thioether (sulfide) groups is 1. The fourth-order valence-electron chi connectivity index (χ4n) is 3.13. The van der Waals surface area contributed by atoms with Gasteiger partial charge in [-0.3, -0.25) is 14.4 Å². The van der Waals surface area contributed by atoms with Crippen LogP contribution in [0.2, 0.25) is 0 Å². The third-order valence-corrected chi connectivity index (χ3v) is 7.52. The maximum Gasteiger partial charge on any atom is 0.266 e. The molecule has 2 fully saturated rings. The first-order valence-corrected chi connectivity index (χ1v) is 10.9. The van der Waals surface area contributed by atoms with Crippen molar-refractivity contribution in [2.75, 3.05) is 18.1 Å². The van der Waals surface area contributed by atoms with Crippen molar-refractivity contribution in [3.05, 3.63) is 34.5 Å². The van der Waals surface area contributed by atoms with Crippen molar-refractivity contribution in [1.29, 1.82) is 0 Å². The molecule has 1 atom stereocenters. The minimum Gasteiger partial charge on any atom is -0.289 e. The normalized spacial score (nSPS) is 24.5. The highest BCUT2D eigenvalue weighted by molar-refractivity contribution is 8.26. The number of carbonyl (C=O) groups excluding carboxylic acids is 1. The molecule has 0 N–H and O–H groups in total. The van der Waals surface area contributed by atoms with Crippen molar-refractivity contribution in [2.45, 2.75) is 26.3 Å². The van der Waals surface area contributed by atoms with Gasteiger partial charge in [0.2, 0.25) is 0 Å². The van der Waals surface area contributed by atoms with Crippen LogP contribution < -0.4 is 0 Å². The average molecular weight is 398 g/mol. The summed E-state index contributed by atoms with van der Waals surface area (Å²) >= 11 is 6.52. The number of thiocarbonyl (C=S) groups is 1. The second-order valence-corrected chi connectivity index (χ2v) is 10.1. The lowest BCUT2D eigenvalue weighted by molar-refractivity contribution is -0.121. The zero-order chi connectivity index (χ0) is 18.4. The SMILES string of the molecule is C=CCN1C(=O)/C(=C/c2c(C)nn([C@H]3CCS(=O)(=O)C3)c2C)SC1=S. The van der Waals surface area contributed by atoms with Gasteiger partial charge in [0.1, 0.15) is 4.32 Å². The van der Waals surface area contributed by atoms with E-state index in [0.717, 1.165) is 17.0 Å². The Morgan fingerprint density at radius 3 is 2.76 bits per heavy atom. The molecule has 0 aromatic carbocycles. The fraction of sp³-hybridized carbons (Fsp3) is 0.438. The summed E-state index contributed by atoms with van der Waals surface area (Å²) in [4.78, 5) is 14.5. The molecule has 2 saturated heterocycles. The Hall–Kier alpha value is -1.45. The molecule has 0 saturated carbocycles. The van der Waals surface area contributed by atoms with E-state index < -0.39 is 9.84 Å². The van der Waals surface area contributed by atoms with Gasteiger partial charge in [0.05, 0.1) is 28.1 Å². The second-order valence-electron chi connectivity index (χ2n) is 6.17. The lowest BCUT2D eigenvalue weighted by Gasteiger charge is -2.11. The minimum absolute atomic E-state index is 0.121. The number of nitrogens with zero attached hydrogens (tertiary/aromatic N) is 3. The first-order chi connectivity index (χ1) is 11.7. The van der Waals surface area contributed by atoms with E-state index in [2.05, 4.69) is 11.7 Å². The molecule has 134 valence electrons. The van der Waals surface area contributed by atoms with Crippen LogP contribution in [0, 0.1) is 13.8 Å². The van der Waals surface area contributed by atoms with E-state index in [1.54, 1.807) is 16.8 Å². The number of amides is 1. The second kappa shape index (κ2) is 6.69. The number of hydrogen-bond acceptors (Lipinski definition) is 6. The zero-order valence-electron chi connectivity index (χ0n) is 14.1. The predicted molar refractivity (Wildman–Crippen MR) is 104 cm³/mol. The molecule has 6 nitrogen and oxygen atoms in total. The van der Waals surface area contributed by atoms with Crippen molar-refractivity contribution >= 4 is 50.1 Å². The zero-order valence-corrected chi connectivity index (χ0v) is 16.5. The minimum atomic E-state index is -2.98.